The molecule has 0 amide bonds. The summed E-state index contributed by atoms with van der Waals surface area (Å²) in [6.07, 6.45) is 0.531. The Labute approximate surface area is 117 Å². The lowest BCUT2D eigenvalue weighted by Crippen LogP contribution is -2.24. The number of hydrogen-bond donors (Lipinski definition) is 1. The highest BCUT2D eigenvalue weighted by molar-refractivity contribution is 7.86. The first-order valence-corrected chi connectivity index (χ1v) is 7.78. The van der Waals surface area contributed by atoms with Crippen LogP contribution in [0.2, 0.25) is 0 Å². The van der Waals surface area contributed by atoms with Gasteiger partial charge in [-0.05, 0) is 25.7 Å². The van der Waals surface area contributed by atoms with Crippen LogP contribution in [0, 0.1) is 0 Å². The number of ether oxygens (including phenoxy) is 2. The first kappa shape index (κ1) is 16.6. The number of rotatable bonds is 1. The molecule has 1 atom stereocenters. The van der Waals surface area contributed by atoms with Gasteiger partial charge in [-0.2, -0.15) is 8.42 Å². The minimum atomic E-state index is -4.38. The van der Waals surface area contributed by atoms with E-state index < -0.39 is 27.3 Å². The number of carbonyl (C=O) groups excluding carboxylic acids is 2. The van der Waals surface area contributed by atoms with Crippen LogP contribution in [0.15, 0.2) is 12.2 Å². The molecule has 0 bridgehead atoms. The van der Waals surface area contributed by atoms with Crippen LogP contribution in [0.3, 0.4) is 0 Å². The van der Waals surface area contributed by atoms with Crippen LogP contribution >= 0.6 is 0 Å². The van der Waals surface area contributed by atoms with Gasteiger partial charge in [0.25, 0.3) is 10.1 Å². The van der Waals surface area contributed by atoms with E-state index in [2.05, 4.69) is 6.58 Å². The van der Waals surface area contributed by atoms with E-state index in [-0.39, 0.29) is 38.0 Å². The second-order valence-corrected chi connectivity index (χ2v) is 6.24. The summed E-state index contributed by atoms with van der Waals surface area (Å²) in [5.41, 5.74) is -0.0414. The fourth-order valence-corrected chi connectivity index (χ4v) is 2.55. The molecule has 1 rings (SSSR count). The summed E-state index contributed by atoms with van der Waals surface area (Å²) in [6.45, 7) is 3.80. The predicted octanol–water partition coefficient (Wildman–Crippen LogP) is 0.849. The molecule has 1 heterocycles. The van der Waals surface area contributed by atoms with Crippen molar-refractivity contribution in [1.82, 2.24) is 0 Å². The van der Waals surface area contributed by atoms with E-state index in [1.54, 1.807) is 0 Å². The van der Waals surface area contributed by atoms with Crippen molar-refractivity contribution in [3.63, 3.8) is 0 Å². The molecule has 20 heavy (non-hydrogen) atoms. The Morgan fingerprint density at radius 3 is 2.35 bits per heavy atom. The minimum Gasteiger partial charge on any atom is -0.466 e. The molecule has 0 aromatic carbocycles. The summed E-state index contributed by atoms with van der Waals surface area (Å²) >= 11 is 0. The SMILES string of the molecule is C=C1CC(S(=O)(=O)O)CCC(=O)OCCCCOC1=O. The average molecular weight is 306 g/mol. The quantitative estimate of drug-likeness (QED) is 0.434. The second-order valence-electron chi connectivity index (χ2n) is 4.55. The molecule has 0 aromatic rings. The smallest absolute Gasteiger partial charge is 0.333 e. The molecule has 1 saturated heterocycles. The second kappa shape index (κ2) is 7.39. The van der Waals surface area contributed by atoms with Gasteiger partial charge < -0.3 is 9.47 Å². The standard InChI is InChI=1S/C12H18O7S/c1-9-8-10(20(15,16)17)4-5-11(13)18-6-2-3-7-19-12(9)14/h10H,1-8H2,(H,15,16,17). The Hall–Kier alpha value is -1.41. The van der Waals surface area contributed by atoms with Gasteiger partial charge in [0.15, 0.2) is 0 Å². The van der Waals surface area contributed by atoms with Gasteiger partial charge in [0.05, 0.1) is 18.5 Å². The molecule has 1 aliphatic rings. The highest BCUT2D eigenvalue weighted by atomic mass is 32.2. The van der Waals surface area contributed by atoms with E-state index in [0.717, 1.165) is 0 Å². The van der Waals surface area contributed by atoms with E-state index in [4.69, 9.17) is 14.0 Å². The molecule has 0 spiro atoms. The van der Waals surface area contributed by atoms with Crippen LogP contribution in [0.25, 0.3) is 0 Å². The summed E-state index contributed by atoms with van der Waals surface area (Å²) in [4.78, 5) is 22.9. The van der Waals surface area contributed by atoms with Crippen molar-refractivity contribution < 1.29 is 32.0 Å². The number of esters is 2. The van der Waals surface area contributed by atoms with Crippen LogP contribution in [-0.4, -0.2) is 43.4 Å². The van der Waals surface area contributed by atoms with Crippen LogP contribution < -0.4 is 0 Å². The third-order valence-corrected chi connectivity index (χ3v) is 4.13. The monoisotopic (exact) mass is 306 g/mol. The van der Waals surface area contributed by atoms with Gasteiger partial charge in [0.2, 0.25) is 0 Å². The van der Waals surface area contributed by atoms with Crippen molar-refractivity contribution in [2.45, 2.75) is 37.4 Å². The zero-order valence-electron chi connectivity index (χ0n) is 11.0. The lowest BCUT2D eigenvalue weighted by Gasteiger charge is -2.14. The largest absolute Gasteiger partial charge is 0.466 e. The molecule has 7 nitrogen and oxygen atoms in total. The Balaban J connectivity index is 2.80. The molecule has 1 unspecified atom stereocenters. The van der Waals surface area contributed by atoms with Crippen LogP contribution in [0.4, 0.5) is 0 Å². The summed E-state index contributed by atoms with van der Waals surface area (Å²) < 4.78 is 41.4. The molecule has 0 radical (unpaired) electrons. The zero-order chi connectivity index (χ0) is 15.2. The maximum absolute atomic E-state index is 11.6. The minimum absolute atomic E-state index is 0.0414. The summed E-state index contributed by atoms with van der Waals surface area (Å²) in [5.74, 6) is -1.22. The fourth-order valence-electron chi connectivity index (χ4n) is 1.72. The van der Waals surface area contributed by atoms with Gasteiger partial charge in [-0.1, -0.05) is 6.58 Å². The third-order valence-electron chi connectivity index (χ3n) is 2.89. The van der Waals surface area contributed by atoms with Gasteiger partial charge >= 0.3 is 11.9 Å². The third kappa shape index (κ3) is 5.70. The Morgan fingerprint density at radius 2 is 1.75 bits per heavy atom. The number of cyclic esters (lactones) is 2. The summed E-state index contributed by atoms with van der Waals surface area (Å²) in [7, 11) is -4.38. The molecule has 0 aliphatic carbocycles. The Kier molecular flexibility index (Phi) is 6.15. The lowest BCUT2D eigenvalue weighted by atomic mass is 10.1. The molecule has 1 N–H and O–H groups in total. The number of carbonyl (C=O) groups is 2. The van der Waals surface area contributed by atoms with Crippen molar-refractivity contribution in [3.8, 4) is 0 Å². The maximum atomic E-state index is 11.6. The van der Waals surface area contributed by atoms with E-state index in [0.29, 0.717) is 12.8 Å². The first-order valence-electron chi connectivity index (χ1n) is 6.27. The van der Waals surface area contributed by atoms with Crippen LogP contribution in [0.1, 0.15) is 32.1 Å². The normalized spacial score (nSPS) is 23.9. The van der Waals surface area contributed by atoms with E-state index in [1.165, 1.54) is 0 Å². The number of hydrogen-bond acceptors (Lipinski definition) is 6. The van der Waals surface area contributed by atoms with Gasteiger partial charge in [-0.3, -0.25) is 9.35 Å². The van der Waals surface area contributed by atoms with E-state index >= 15 is 0 Å². The van der Waals surface area contributed by atoms with Gasteiger partial charge in [-0.25, -0.2) is 4.79 Å². The van der Waals surface area contributed by atoms with Crippen LogP contribution in [0.5, 0.6) is 0 Å². The molecule has 0 aromatic heterocycles. The van der Waals surface area contributed by atoms with Crippen molar-refractivity contribution in [2.24, 2.45) is 0 Å². The molecular formula is C12H18O7S. The maximum Gasteiger partial charge on any atom is 0.333 e. The van der Waals surface area contributed by atoms with Gasteiger partial charge in [0, 0.05) is 12.0 Å². The van der Waals surface area contributed by atoms with E-state index in [9.17, 15) is 18.0 Å². The lowest BCUT2D eigenvalue weighted by molar-refractivity contribution is -0.144. The highest BCUT2D eigenvalue weighted by Gasteiger charge is 2.27. The van der Waals surface area contributed by atoms with Crippen molar-refractivity contribution in [1.29, 1.82) is 0 Å². The predicted molar refractivity (Wildman–Crippen MR) is 69.5 cm³/mol. The van der Waals surface area contributed by atoms with Crippen LogP contribution in [-0.2, 0) is 29.2 Å². The van der Waals surface area contributed by atoms with Gasteiger partial charge in [0.1, 0.15) is 0 Å². The van der Waals surface area contributed by atoms with E-state index in [1.807, 2.05) is 0 Å². The van der Waals surface area contributed by atoms with Gasteiger partial charge in [-0.15, -0.1) is 0 Å². The average Bonchev–Trinajstić information content (AvgIpc) is 2.36. The molecule has 8 heteroatoms. The molecule has 0 saturated carbocycles. The zero-order valence-corrected chi connectivity index (χ0v) is 11.9. The summed E-state index contributed by atoms with van der Waals surface area (Å²) in [6, 6.07) is 0. The molecule has 1 aliphatic heterocycles. The Morgan fingerprint density at radius 1 is 1.15 bits per heavy atom. The molecule has 1 fully saturated rings. The Bertz CT molecular complexity index is 480. The highest BCUT2D eigenvalue weighted by Crippen LogP contribution is 2.18. The van der Waals surface area contributed by atoms with Crippen molar-refractivity contribution in [2.75, 3.05) is 13.2 Å². The van der Waals surface area contributed by atoms with Crippen molar-refractivity contribution in [3.05, 3.63) is 12.2 Å². The molecule has 114 valence electrons. The first-order chi connectivity index (χ1) is 9.30. The molecular weight excluding hydrogens is 288 g/mol. The topological polar surface area (TPSA) is 107 Å². The van der Waals surface area contributed by atoms with Crippen molar-refractivity contribution >= 4 is 22.1 Å². The summed E-state index contributed by atoms with van der Waals surface area (Å²) in [5, 5.41) is -1.27. The fraction of sp³-hybridized carbons (Fsp3) is 0.667.